The van der Waals surface area contributed by atoms with Crippen LogP contribution in [0.1, 0.15) is 23.2 Å². The Hall–Kier alpha value is -2.38. The number of carbonyl (C=O) groups is 1. The predicted octanol–water partition coefficient (Wildman–Crippen LogP) is 3.65. The Morgan fingerprint density at radius 2 is 2.00 bits per heavy atom. The third-order valence-electron chi connectivity index (χ3n) is 3.88. The zero-order valence-corrected chi connectivity index (χ0v) is 14.4. The number of nitrogens with zero attached hydrogens (tertiary/aromatic N) is 2. The first-order chi connectivity index (χ1) is 11.8. The lowest BCUT2D eigenvalue weighted by Gasteiger charge is -2.23. The molecule has 130 valence electrons. The number of halogens is 2. The Bertz CT molecular complexity index is 908. The number of H-pyrrole nitrogens is 1. The highest BCUT2D eigenvalue weighted by Gasteiger charge is 2.29. The van der Waals surface area contributed by atoms with Crippen LogP contribution in [0.4, 0.5) is 11.4 Å². The highest BCUT2D eigenvalue weighted by Crippen LogP contribution is 2.35. The second-order valence-corrected chi connectivity index (χ2v) is 6.65. The maximum atomic E-state index is 12.9. The van der Waals surface area contributed by atoms with Gasteiger partial charge in [0.25, 0.3) is 11.6 Å². The topological polar surface area (TPSA) is 96.3 Å². The zero-order chi connectivity index (χ0) is 18.1. The minimum atomic E-state index is -0.601. The van der Waals surface area contributed by atoms with Gasteiger partial charge < -0.3 is 9.88 Å². The molecule has 1 fully saturated rings. The molecule has 0 atom stereocenters. The van der Waals surface area contributed by atoms with Crippen molar-refractivity contribution in [2.24, 2.45) is 5.92 Å². The molecular weight excluding hydrogens is 369 g/mol. The molecule has 0 unspecified atom stereocenters. The molecule has 0 spiro atoms. The Kier molecular flexibility index (Phi) is 4.78. The third kappa shape index (κ3) is 4.00. The van der Waals surface area contributed by atoms with Gasteiger partial charge in [0.05, 0.1) is 10.6 Å². The van der Waals surface area contributed by atoms with E-state index < -0.39 is 16.4 Å². The van der Waals surface area contributed by atoms with Crippen LogP contribution in [0.5, 0.6) is 0 Å². The number of hydrogen-bond acceptors (Lipinski definition) is 4. The summed E-state index contributed by atoms with van der Waals surface area (Å²) in [6.45, 7) is 0.405. The van der Waals surface area contributed by atoms with Gasteiger partial charge in [-0.25, -0.2) is 0 Å². The second kappa shape index (κ2) is 6.85. The molecule has 3 rings (SSSR count). The minimum Gasteiger partial charge on any atom is -0.313 e. The molecule has 0 bridgehead atoms. The van der Waals surface area contributed by atoms with E-state index in [1.165, 1.54) is 23.1 Å². The van der Waals surface area contributed by atoms with E-state index in [1.807, 2.05) is 0 Å². The second-order valence-electron chi connectivity index (χ2n) is 5.83. The molecule has 1 amide bonds. The average molecular weight is 382 g/mol. The molecule has 7 nitrogen and oxygen atoms in total. The van der Waals surface area contributed by atoms with Gasteiger partial charge in [-0.2, -0.15) is 0 Å². The zero-order valence-electron chi connectivity index (χ0n) is 12.9. The van der Waals surface area contributed by atoms with E-state index >= 15 is 0 Å². The summed E-state index contributed by atoms with van der Waals surface area (Å²) in [5.74, 6) is -0.118. The number of anilines is 1. The average Bonchev–Trinajstić information content (AvgIpc) is 3.35. The maximum Gasteiger partial charge on any atom is 0.289 e. The number of rotatable bonds is 5. The first kappa shape index (κ1) is 17.4. The lowest BCUT2D eigenvalue weighted by atomic mass is 10.2. The fourth-order valence-corrected chi connectivity index (χ4v) is 2.86. The van der Waals surface area contributed by atoms with E-state index in [9.17, 15) is 19.7 Å². The third-order valence-corrected chi connectivity index (χ3v) is 4.40. The molecule has 9 heteroatoms. The number of benzene rings is 1. The van der Waals surface area contributed by atoms with Crippen molar-refractivity contribution in [1.82, 2.24) is 4.98 Å². The SMILES string of the molecule is O=C(c1cc(Cl)[nH]c(=O)c1)N(CC1CC1)c1ccc(Cl)c([N+](=O)[O-])c1. The molecular formula is C16H13Cl2N3O4. The number of nitrogens with one attached hydrogen (secondary N) is 1. The van der Waals surface area contributed by atoms with E-state index in [0.29, 0.717) is 18.2 Å². The first-order valence-electron chi connectivity index (χ1n) is 7.51. The summed E-state index contributed by atoms with van der Waals surface area (Å²) < 4.78 is 0. The van der Waals surface area contributed by atoms with E-state index in [-0.39, 0.29) is 21.4 Å². The normalized spacial score (nSPS) is 13.5. The Balaban J connectivity index is 2.02. The van der Waals surface area contributed by atoms with Crippen molar-refractivity contribution in [3.63, 3.8) is 0 Å². The van der Waals surface area contributed by atoms with Crippen LogP contribution >= 0.6 is 23.2 Å². The van der Waals surface area contributed by atoms with Gasteiger partial charge in [-0.3, -0.25) is 19.7 Å². The molecule has 0 saturated heterocycles. The number of pyridine rings is 1. The summed E-state index contributed by atoms with van der Waals surface area (Å²) in [4.78, 5) is 38.8. The minimum absolute atomic E-state index is 0.00762. The molecule has 1 aliphatic carbocycles. The van der Waals surface area contributed by atoms with Crippen molar-refractivity contribution >= 4 is 40.5 Å². The molecule has 1 aliphatic rings. The van der Waals surface area contributed by atoms with Crippen LogP contribution in [0.3, 0.4) is 0 Å². The van der Waals surface area contributed by atoms with Crippen LogP contribution in [0.25, 0.3) is 0 Å². The summed E-state index contributed by atoms with van der Waals surface area (Å²) in [5, 5.41) is 11.2. The van der Waals surface area contributed by atoms with Crippen molar-refractivity contribution < 1.29 is 9.72 Å². The van der Waals surface area contributed by atoms with Crippen LogP contribution in [0.2, 0.25) is 10.2 Å². The van der Waals surface area contributed by atoms with Gasteiger partial charge in [0.2, 0.25) is 5.56 Å². The van der Waals surface area contributed by atoms with Crippen molar-refractivity contribution in [3.8, 4) is 0 Å². The van der Waals surface area contributed by atoms with Crippen LogP contribution in [-0.4, -0.2) is 22.4 Å². The molecule has 1 N–H and O–H groups in total. The fraction of sp³-hybridized carbons (Fsp3) is 0.250. The van der Waals surface area contributed by atoms with Crippen molar-refractivity contribution in [2.75, 3.05) is 11.4 Å². The summed E-state index contributed by atoms with van der Waals surface area (Å²) >= 11 is 11.7. The number of nitro groups is 1. The Labute approximate surface area is 152 Å². The Morgan fingerprint density at radius 3 is 2.60 bits per heavy atom. The lowest BCUT2D eigenvalue weighted by molar-refractivity contribution is -0.384. The highest BCUT2D eigenvalue weighted by atomic mass is 35.5. The summed E-state index contributed by atoms with van der Waals surface area (Å²) in [6.07, 6.45) is 1.96. The standard InChI is InChI=1S/C16H13Cl2N3O4/c17-12-4-3-11(7-13(12)21(24)25)20(8-9-1-2-9)16(23)10-5-14(18)19-15(22)6-10/h3-7,9H,1-2,8H2,(H,19,22). The molecule has 1 saturated carbocycles. The van der Waals surface area contributed by atoms with Crippen molar-refractivity contribution in [3.05, 3.63) is 66.5 Å². The first-order valence-corrected chi connectivity index (χ1v) is 8.26. The monoisotopic (exact) mass is 381 g/mol. The molecule has 0 aliphatic heterocycles. The smallest absolute Gasteiger partial charge is 0.289 e. The van der Waals surface area contributed by atoms with Crippen LogP contribution in [-0.2, 0) is 0 Å². The van der Waals surface area contributed by atoms with Gasteiger partial charge in [-0.05, 0) is 37.0 Å². The summed E-state index contributed by atoms with van der Waals surface area (Å²) in [6, 6.07) is 6.70. The summed E-state index contributed by atoms with van der Waals surface area (Å²) in [7, 11) is 0. The maximum absolute atomic E-state index is 12.9. The van der Waals surface area contributed by atoms with Crippen molar-refractivity contribution in [1.29, 1.82) is 0 Å². The van der Waals surface area contributed by atoms with E-state index in [4.69, 9.17) is 23.2 Å². The van der Waals surface area contributed by atoms with Gasteiger partial charge >= 0.3 is 0 Å². The van der Waals surface area contributed by atoms with E-state index in [1.54, 1.807) is 6.07 Å². The predicted molar refractivity (Wildman–Crippen MR) is 94.6 cm³/mol. The number of nitro benzene ring substituents is 1. The molecule has 0 radical (unpaired) electrons. The molecule has 1 heterocycles. The fourth-order valence-electron chi connectivity index (χ4n) is 2.46. The molecule has 1 aromatic heterocycles. The van der Waals surface area contributed by atoms with Gasteiger partial charge in [-0.1, -0.05) is 23.2 Å². The highest BCUT2D eigenvalue weighted by molar-refractivity contribution is 6.32. The van der Waals surface area contributed by atoms with Gasteiger partial charge in [0.15, 0.2) is 0 Å². The van der Waals surface area contributed by atoms with E-state index in [0.717, 1.165) is 18.9 Å². The number of amides is 1. The number of aromatic nitrogens is 1. The largest absolute Gasteiger partial charge is 0.313 e. The van der Waals surface area contributed by atoms with Crippen molar-refractivity contribution in [2.45, 2.75) is 12.8 Å². The number of hydrogen-bond donors (Lipinski definition) is 1. The molecule has 25 heavy (non-hydrogen) atoms. The van der Waals surface area contributed by atoms with Gasteiger partial charge in [0.1, 0.15) is 10.2 Å². The number of aromatic amines is 1. The quantitative estimate of drug-likeness (QED) is 0.485. The van der Waals surface area contributed by atoms with Gasteiger partial charge in [-0.15, -0.1) is 0 Å². The molecule has 2 aromatic rings. The van der Waals surface area contributed by atoms with Crippen LogP contribution in [0, 0.1) is 16.0 Å². The van der Waals surface area contributed by atoms with Crippen LogP contribution in [0.15, 0.2) is 35.1 Å². The summed E-state index contributed by atoms with van der Waals surface area (Å²) in [5.41, 5.74) is -0.308. The van der Waals surface area contributed by atoms with Gasteiger partial charge in [0, 0.05) is 24.2 Å². The lowest BCUT2D eigenvalue weighted by Crippen LogP contribution is -2.33. The molecule has 1 aromatic carbocycles. The van der Waals surface area contributed by atoms with E-state index in [2.05, 4.69) is 4.98 Å². The van der Waals surface area contributed by atoms with Crippen LogP contribution < -0.4 is 10.5 Å². The number of carbonyl (C=O) groups excluding carboxylic acids is 1. The Morgan fingerprint density at radius 1 is 1.28 bits per heavy atom.